The van der Waals surface area contributed by atoms with Crippen LogP contribution in [0.25, 0.3) is 0 Å². The lowest BCUT2D eigenvalue weighted by atomic mass is 9.86. The SMILES string of the molecule is Cl.Cl.FC(F)(F)c1ccc(C(F)(F)F)c([C@@H](C2CCCC2)N2CCNCC2)c1. The molecule has 1 aromatic carbocycles. The standard InChI is InChI=1S/C18H22F6N2.2ClH/c19-17(20,21)13-5-6-15(18(22,23)24)14(11-13)16(12-3-1-2-4-12)26-9-7-25-8-10-26;;/h5-6,11-12,16,25H,1-4,7-10H2;2*1H/t16-;;/m1../s1. The number of hydrogen-bond acceptors (Lipinski definition) is 2. The van der Waals surface area contributed by atoms with Crippen molar-refractivity contribution < 1.29 is 26.3 Å². The van der Waals surface area contributed by atoms with E-state index in [2.05, 4.69) is 5.32 Å². The van der Waals surface area contributed by atoms with Gasteiger partial charge in [0.15, 0.2) is 0 Å². The highest BCUT2D eigenvalue weighted by molar-refractivity contribution is 5.85. The second kappa shape index (κ2) is 9.87. The van der Waals surface area contributed by atoms with Gasteiger partial charge < -0.3 is 5.32 Å². The number of halogens is 8. The fraction of sp³-hybridized carbons (Fsp3) is 0.667. The molecule has 1 heterocycles. The number of benzene rings is 1. The minimum Gasteiger partial charge on any atom is -0.314 e. The Bertz CT molecular complexity index is 623. The van der Waals surface area contributed by atoms with Gasteiger partial charge in [0.25, 0.3) is 0 Å². The van der Waals surface area contributed by atoms with Crippen molar-refractivity contribution in [3.63, 3.8) is 0 Å². The lowest BCUT2D eigenvalue weighted by Gasteiger charge is -2.40. The number of hydrogen-bond donors (Lipinski definition) is 1. The molecule has 0 bridgehead atoms. The van der Waals surface area contributed by atoms with Gasteiger partial charge >= 0.3 is 12.4 Å². The molecule has 10 heteroatoms. The van der Waals surface area contributed by atoms with Gasteiger partial charge in [-0.15, -0.1) is 24.8 Å². The fourth-order valence-corrected chi connectivity index (χ4v) is 4.22. The summed E-state index contributed by atoms with van der Waals surface area (Å²) in [6.07, 6.45) is -6.02. The number of nitrogens with zero attached hydrogens (tertiary/aromatic N) is 1. The van der Waals surface area contributed by atoms with E-state index >= 15 is 0 Å². The third kappa shape index (κ3) is 5.68. The highest BCUT2D eigenvalue weighted by Gasteiger charge is 2.42. The van der Waals surface area contributed by atoms with E-state index in [-0.39, 0.29) is 36.3 Å². The number of rotatable bonds is 3. The molecule has 0 aromatic heterocycles. The van der Waals surface area contributed by atoms with Crippen LogP contribution in [-0.2, 0) is 12.4 Å². The Hall–Kier alpha value is -0.700. The van der Waals surface area contributed by atoms with Gasteiger partial charge in [-0.05, 0) is 42.5 Å². The molecule has 3 rings (SSSR count). The van der Waals surface area contributed by atoms with Crippen molar-refractivity contribution in [2.75, 3.05) is 26.2 Å². The van der Waals surface area contributed by atoms with Crippen LogP contribution in [0.4, 0.5) is 26.3 Å². The molecule has 1 saturated carbocycles. The lowest BCUT2D eigenvalue weighted by Crippen LogP contribution is -2.47. The van der Waals surface area contributed by atoms with Crippen LogP contribution in [0.1, 0.15) is 48.4 Å². The number of nitrogens with one attached hydrogen (secondary N) is 1. The van der Waals surface area contributed by atoms with Crippen molar-refractivity contribution in [3.05, 3.63) is 34.9 Å². The molecule has 28 heavy (non-hydrogen) atoms. The quantitative estimate of drug-likeness (QED) is 0.591. The smallest absolute Gasteiger partial charge is 0.314 e. The van der Waals surface area contributed by atoms with Crippen molar-refractivity contribution in [1.82, 2.24) is 10.2 Å². The van der Waals surface area contributed by atoms with Crippen LogP contribution in [0.3, 0.4) is 0 Å². The Labute approximate surface area is 172 Å². The second-order valence-electron chi connectivity index (χ2n) is 7.07. The highest BCUT2D eigenvalue weighted by atomic mass is 35.5. The monoisotopic (exact) mass is 452 g/mol. The van der Waals surface area contributed by atoms with E-state index in [4.69, 9.17) is 0 Å². The molecule has 0 spiro atoms. The molecular weight excluding hydrogens is 429 g/mol. The van der Waals surface area contributed by atoms with Crippen LogP contribution in [0.5, 0.6) is 0 Å². The van der Waals surface area contributed by atoms with Gasteiger partial charge in [0, 0.05) is 32.2 Å². The third-order valence-electron chi connectivity index (χ3n) is 5.39. The first kappa shape index (κ1) is 25.3. The summed E-state index contributed by atoms with van der Waals surface area (Å²) in [4.78, 5) is 1.93. The van der Waals surface area contributed by atoms with Gasteiger partial charge in [0.1, 0.15) is 0 Å². The summed E-state index contributed by atoms with van der Waals surface area (Å²) in [5.41, 5.74) is -2.18. The molecular formula is C18H24Cl2F6N2. The van der Waals surface area contributed by atoms with Crippen molar-refractivity contribution in [3.8, 4) is 0 Å². The number of alkyl halides is 6. The van der Waals surface area contributed by atoms with Gasteiger partial charge in [-0.2, -0.15) is 26.3 Å². The van der Waals surface area contributed by atoms with Gasteiger partial charge in [-0.3, -0.25) is 4.90 Å². The van der Waals surface area contributed by atoms with Crippen LogP contribution in [0.2, 0.25) is 0 Å². The average Bonchev–Trinajstić information content (AvgIpc) is 3.08. The topological polar surface area (TPSA) is 15.3 Å². The second-order valence-corrected chi connectivity index (χ2v) is 7.07. The zero-order valence-electron chi connectivity index (χ0n) is 15.1. The molecule has 0 amide bonds. The first-order valence-corrected chi connectivity index (χ1v) is 8.91. The molecule has 1 aromatic rings. The minimum atomic E-state index is -4.68. The average molecular weight is 453 g/mol. The fourth-order valence-electron chi connectivity index (χ4n) is 4.22. The van der Waals surface area contributed by atoms with Gasteiger partial charge in [0.2, 0.25) is 0 Å². The summed E-state index contributed by atoms with van der Waals surface area (Å²) in [6, 6.07) is 1.24. The molecule has 162 valence electrons. The molecule has 2 nitrogen and oxygen atoms in total. The highest BCUT2D eigenvalue weighted by Crippen LogP contribution is 2.45. The summed E-state index contributed by atoms with van der Waals surface area (Å²) >= 11 is 0. The zero-order valence-corrected chi connectivity index (χ0v) is 16.7. The van der Waals surface area contributed by atoms with Crippen LogP contribution >= 0.6 is 24.8 Å². The first-order chi connectivity index (χ1) is 12.2. The van der Waals surface area contributed by atoms with Crippen LogP contribution in [0, 0.1) is 5.92 Å². The largest absolute Gasteiger partial charge is 0.416 e. The predicted molar refractivity (Wildman–Crippen MR) is 100 cm³/mol. The summed E-state index contributed by atoms with van der Waals surface area (Å²) < 4.78 is 80.3. The van der Waals surface area contributed by atoms with Crippen LogP contribution in [-0.4, -0.2) is 31.1 Å². The third-order valence-corrected chi connectivity index (χ3v) is 5.39. The molecule has 0 unspecified atom stereocenters. The first-order valence-electron chi connectivity index (χ1n) is 8.91. The minimum absolute atomic E-state index is 0. The van der Waals surface area contributed by atoms with Gasteiger partial charge in [0.05, 0.1) is 11.1 Å². The van der Waals surface area contributed by atoms with E-state index in [0.717, 1.165) is 31.7 Å². The normalized spacial score (nSPS) is 20.4. The molecule has 1 aliphatic heterocycles. The van der Waals surface area contributed by atoms with E-state index in [9.17, 15) is 26.3 Å². The summed E-state index contributed by atoms with van der Waals surface area (Å²) in [7, 11) is 0. The van der Waals surface area contributed by atoms with Crippen molar-refractivity contribution in [2.24, 2.45) is 5.92 Å². The summed E-state index contributed by atoms with van der Waals surface area (Å²) in [5, 5.41) is 3.15. The van der Waals surface area contributed by atoms with Gasteiger partial charge in [-0.1, -0.05) is 12.8 Å². The number of piperazine rings is 1. The van der Waals surface area contributed by atoms with Crippen molar-refractivity contribution in [1.29, 1.82) is 0 Å². The summed E-state index contributed by atoms with van der Waals surface area (Å²) in [6.45, 7) is 2.33. The molecule has 2 fully saturated rings. The van der Waals surface area contributed by atoms with E-state index < -0.39 is 29.5 Å². The Morgan fingerprint density at radius 2 is 1.46 bits per heavy atom. The Morgan fingerprint density at radius 1 is 0.893 bits per heavy atom. The summed E-state index contributed by atoms with van der Waals surface area (Å²) in [5.74, 6) is -0.0438. The Balaban J connectivity index is 0.00000196. The van der Waals surface area contributed by atoms with Crippen molar-refractivity contribution in [2.45, 2.75) is 44.1 Å². The molecule has 1 aliphatic carbocycles. The molecule has 0 radical (unpaired) electrons. The van der Waals surface area contributed by atoms with E-state index in [1.165, 1.54) is 0 Å². The van der Waals surface area contributed by atoms with E-state index in [1.807, 2.05) is 4.90 Å². The lowest BCUT2D eigenvalue weighted by molar-refractivity contribution is -0.142. The molecule has 1 atom stereocenters. The molecule has 1 N–H and O–H groups in total. The van der Waals surface area contributed by atoms with Crippen LogP contribution in [0.15, 0.2) is 18.2 Å². The predicted octanol–water partition coefficient (Wildman–Crippen LogP) is 5.70. The molecule has 2 aliphatic rings. The maximum atomic E-state index is 13.6. The zero-order chi connectivity index (χ0) is 18.9. The van der Waals surface area contributed by atoms with E-state index in [1.54, 1.807) is 0 Å². The Morgan fingerprint density at radius 3 is 1.96 bits per heavy atom. The maximum absolute atomic E-state index is 13.6. The van der Waals surface area contributed by atoms with Crippen LogP contribution < -0.4 is 5.32 Å². The van der Waals surface area contributed by atoms with Crippen molar-refractivity contribution >= 4 is 24.8 Å². The van der Waals surface area contributed by atoms with Gasteiger partial charge in [-0.25, -0.2) is 0 Å². The molecule has 1 saturated heterocycles. The van der Waals surface area contributed by atoms with E-state index in [0.29, 0.717) is 38.3 Å². The maximum Gasteiger partial charge on any atom is 0.416 e. The Kier molecular flexibility index (Phi) is 8.93.